The Balaban J connectivity index is 1.53. The second kappa shape index (κ2) is 8.38. The van der Waals surface area contributed by atoms with Crippen molar-refractivity contribution in [3.63, 3.8) is 0 Å². The standard InChI is InChI=1S/C18H36N2/c1-15(2)17-8-10-18(11-9-17)19-12-6-14-20-13-5-4-7-16(20)3/h15-19H,4-14H2,1-3H3. The lowest BCUT2D eigenvalue weighted by atomic mass is 9.80. The Morgan fingerprint density at radius 1 is 1.05 bits per heavy atom. The van der Waals surface area contributed by atoms with Gasteiger partial charge in [-0.2, -0.15) is 0 Å². The number of nitrogens with zero attached hydrogens (tertiary/aromatic N) is 1. The third-order valence-electron chi connectivity index (χ3n) is 5.71. The molecule has 0 aromatic rings. The molecule has 2 nitrogen and oxygen atoms in total. The van der Waals surface area contributed by atoms with Crippen LogP contribution < -0.4 is 5.32 Å². The fourth-order valence-corrected chi connectivity index (χ4v) is 4.07. The first-order chi connectivity index (χ1) is 9.66. The number of rotatable bonds is 6. The minimum Gasteiger partial charge on any atom is -0.314 e. The van der Waals surface area contributed by atoms with Crippen molar-refractivity contribution in [3.8, 4) is 0 Å². The van der Waals surface area contributed by atoms with E-state index in [1.807, 2.05) is 0 Å². The summed E-state index contributed by atoms with van der Waals surface area (Å²) in [5.41, 5.74) is 0. The number of nitrogens with one attached hydrogen (secondary N) is 1. The maximum atomic E-state index is 3.81. The van der Waals surface area contributed by atoms with E-state index < -0.39 is 0 Å². The van der Waals surface area contributed by atoms with Crippen LogP contribution >= 0.6 is 0 Å². The molecule has 0 aromatic carbocycles. The van der Waals surface area contributed by atoms with Crippen molar-refractivity contribution in [3.05, 3.63) is 0 Å². The fourth-order valence-electron chi connectivity index (χ4n) is 4.07. The topological polar surface area (TPSA) is 15.3 Å². The molecule has 0 aromatic heterocycles. The van der Waals surface area contributed by atoms with Crippen molar-refractivity contribution < 1.29 is 0 Å². The molecule has 0 spiro atoms. The SMILES string of the molecule is CC(C)C1CCC(NCCCN2CCCCC2C)CC1. The van der Waals surface area contributed by atoms with Crippen molar-refractivity contribution in [2.24, 2.45) is 11.8 Å². The summed E-state index contributed by atoms with van der Waals surface area (Å²) in [5, 5.41) is 3.81. The van der Waals surface area contributed by atoms with Crippen LogP contribution in [0.1, 0.15) is 72.1 Å². The largest absolute Gasteiger partial charge is 0.314 e. The molecule has 118 valence electrons. The molecule has 1 heterocycles. The summed E-state index contributed by atoms with van der Waals surface area (Å²) in [6.07, 6.45) is 11.3. The van der Waals surface area contributed by atoms with Gasteiger partial charge in [-0.15, -0.1) is 0 Å². The second-order valence-corrected chi connectivity index (χ2v) is 7.54. The van der Waals surface area contributed by atoms with E-state index in [1.54, 1.807) is 0 Å². The molecule has 1 saturated heterocycles. The van der Waals surface area contributed by atoms with E-state index in [2.05, 4.69) is 31.0 Å². The van der Waals surface area contributed by atoms with Crippen LogP contribution in [0, 0.1) is 11.8 Å². The van der Waals surface area contributed by atoms with Crippen LogP contribution in [0.4, 0.5) is 0 Å². The summed E-state index contributed by atoms with van der Waals surface area (Å²) in [5.74, 6) is 1.87. The Morgan fingerprint density at radius 2 is 1.80 bits per heavy atom. The van der Waals surface area contributed by atoms with Gasteiger partial charge < -0.3 is 10.2 Å². The highest BCUT2D eigenvalue weighted by molar-refractivity contribution is 4.79. The van der Waals surface area contributed by atoms with Gasteiger partial charge in [0.1, 0.15) is 0 Å². The zero-order valence-corrected chi connectivity index (χ0v) is 14.0. The highest BCUT2D eigenvalue weighted by atomic mass is 15.2. The van der Waals surface area contributed by atoms with Gasteiger partial charge in [0.25, 0.3) is 0 Å². The van der Waals surface area contributed by atoms with Crippen molar-refractivity contribution in [1.29, 1.82) is 0 Å². The number of hydrogen-bond acceptors (Lipinski definition) is 2. The van der Waals surface area contributed by atoms with Gasteiger partial charge in [-0.1, -0.05) is 20.3 Å². The monoisotopic (exact) mass is 280 g/mol. The van der Waals surface area contributed by atoms with Gasteiger partial charge in [-0.05, 0) is 83.3 Å². The fraction of sp³-hybridized carbons (Fsp3) is 1.00. The van der Waals surface area contributed by atoms with Gasteiger partial charge in [0.15, 0.2) is 0 Å². The molecule has 1 aliphatic heterocycles. The van der Waals surface area contributed by atoms with Gasteiger partial charge >= 0.3 is 0 Å². The Kier molecular flexibility index (Phi) is 6.83. The number of piperidine rings is 1. The molecular formula is C18H36N2. The maximum absolute atomic E-state index is 3.81. The highest BCUT2D eigenvalue weighted by Crippen LogP contribution is 2.29. The second-order valence-electron chi connectivity index (χ2n) is 7.54. The lowest BCUT2D eigenvalue weighted by Gasteiger charge is -2.34. The maximum Gasteiger partial charge on any atom is 0.00672 e. The van der Waals surface area contributed by atoms with Gasteiger partial charge in [0, 0.05) is 12.1 Å². The Hall–Kier alpha value is -0.0800. The first-order valence-electron chi connectivity index (χ1n) is 9.14. The normalized spacial score (nSPS) is 32.7. The molecule has 1 saturated carbocycles. The third kappa shape index (κ3) is 5.04. The molecule has 2 rings (SSSR count). The van der Waals surface area contributed by atoms with Gasteiger partial charge in [0.05, 0.1) is 0 Å². The quantitative estimate of drug-likeness (QED) is 0.738. The van der Waals surface area contributed by atoms with E-state index in [4.69, 9.17) is 0 Å². The van der Waals surface area contributed by atoms with Crippen LogP contribution in [-0.2, 0) is 0 Å². The van der Waals surface area contributed by atoms with Gasteiger partial charge in [-0.25, -0.2) is 0 Å². The van der Waals surface area contributed by atoms with Crippen molar-refractivity contribution in [2.45, 2.75) is 84.2 Å². The zero-order valence-electron chi connectivity index (χ0n) is 14.0. The van der Waals surface area contributed by atoms with Crippen molar-refractivity contribution in [2.75, 3.05) is 19.6 Å². The number of hydrogen-bond donors (Lipinski definition) is 1. The van der Waals surface area contributed by atoms with Crippen LogP contribution in [0.3, 0.4) is 0 Å². The summed E-state index contributed by atoms with van der Waals surface area (Å²) in [6, 6.07) is 1.63. The predicted molar refractivity (Wildman–Crippen MR) is 88.1 cm³/mol. The molecule has 2 aliphatic rings. The summed E-state index contributed by atoms with van der Waals surface area (Å²) in [4.78, 5) is 2.70. The summed E-state index contributed by atoms with van der Waals surface area (Å²) in [6.45, 7) is 11.0. The molecule has 0 amide bonds. The minimum absolute atomic E-state index is 0.809. The van der Waals surface area contributed by atoms with E-state index in [1.165, 1.54) is 71.0 Å². The van der Waals surface area contributed by atoms with Gasteiger partial charge in [-0.3, -0.25) is 0 Å². The zero-order chi connectivity index (χ0) is 14.4. The van der Waals surface area contributed by atoms with Crippen molar-refractivity contribution in [1.82, 2.24) is 10.2 Å². The van der Waals surface area contributed by atoms with Crippen LogP contribution in [0.15, 0.2) is 0 Å². The smallest absolute Gasteiger partial charge is 0.00672 e. The first kappa shape index (κ1) is 16.3. The Morgan fingerprint density at radius 3 is 2.45 bits per heavy atom. The van der Waals surface area contributed by atoms with Crippen LogP contribution in [0.2, 0.25) is 0 Å². The molecule has 1 N–H and O–H groups in total. The van der Waals surface area contributed by atoms with Crippen LogP contribution in [0.25, 0.3) is 0 Å². The van der Waals surface area contributed by atoms with E-state index in [0.717, 1.165) is 23.9 Å². The molecule has 1 aliphatic carbocycles. The molecule has 2 fully saturated rings. The molecule has 1 unspecified atom stereocenters. The Labute approximate surface area is 126 Å². The summed E-state index contributed by atoms with van der Waals surface area (Å²) < 4.78 is 0. The lowest BCUT2D eigenvalue weighted by Crippen LogP contribution is -2.40. The molecular weight excluding hydrogens is 244 g/mol. The predicted octanol–water partition coefficient (Wildman–Crippen LogP) is 4.06. The van der Waals surface area contributed by atoms with E-state index >= 15 is 0 Å². The third-order valence-corrected chi connectivity index (χ3v) is 5.71. The number of likely N-dealkylation sites (tertiary alicyclic amines) is 1. The highest BCUT2D eigenvalue weighted by Gasteiger charge is 2.23. The lowest BCUT2D eigenvalue weighted by molar-refractivity contribution is 0.157. The summed E-state index contributed by atoms with van der Waals surface area (Å²) >= 11 is 0. The van der Waals surface area contributed by atoms with Gasteiger partial charge in [0.2, 0.25) is 0 Å². The van der Waals surface area contributed by atoms with Crippen LogP contribution in [0.5, 0.6) is 0 Å². The minimum atomic E-state index is 0.809. The van der Waals surface area contributed by atoms with E-state index in [0.29, 0.717) is 0 Å². The summed E-state index contributed by atoms with van der Waals surface area (Å²) in [7, 11) is 0. The molecule has 20 heavy (non-hydrogen) atoms. The van der Waals surface area contributed by atoms with E-state index in [-0.39, 0.29) is 0 Å². The molecule has 0 bridgehead atoms. The Bertz CT molecular complexity index is 256. The molecule has 1 atom stereocenters. The van der Waals surface area contributed by atoms with E-state index in [9.17, 15) is 0 Å². The average Bonchev–Trinajstić information content (AvgIpc) is 2.46. The average molecular weight is 280 g/mol. The molecule has 2 heteroatoms. The van der Waals surface area contributed by atoms with Crippen LogP contribution in [-0.4, -0.2) is 36.6 Å². The van der Waals surface area contributed by atoms with Crippen molar-refractivity contribution >= 4 is 0 Å². The first-order valence-corrected chi connectivity index (χ1v) is 9.14. The molecule has 0 radical (unpaired) electrons.